The van der Waals surface area contributed by atoms with Crippen molar-refractivity contribution < 1.29 is 9.59 Å². The summed E-state index contributed by atoms with van der Waals surface area (Å²) in [6.45, 7) is 1.73. The lowest BCUT2D eigenvalue weighted by Gasteiger charge is -1.94. The smallest absolute Gasteiger partial charge is 0.221 e. The summed E-state index contributed by atoms with van der Waals surface area (Å²) in [5.41, 5.74) is 10.6. The van der Waals surface area contributed by atoms with E-state index in [1.54, 1.807) is 13.0 Å². The lowest BCUT2D eigenvalue weighted by Crippen LogP contribution is -2.11. The van der Waals surface area contributed by atoms with Crippen molar-refractivity contribution in [1.29, 1.82) is 0 Å². The molecule has 0 atom stereocenters. The highest BCUT2D eigenvalue weighted by molar-refractivity contribution is 5.78. The first kappa shape index (κ1) is 9.68. The van der Waals surface area contributed by atoms with Crippen LogP contribution in [0.4, 0.5) is 0 Å². The summed E-state index contributed by atoms with van der Waals surface area (Å²) in [6.07, 6.45) is 1.96. The molecule has 0 aliphatic heterocycles. The number of carbonyl (C=O) groups is 2. The van der Waals surface area contributed by atoms with Crippen molar-refractivity contribution in [3.63, 3.8) is 0 Å². The zero-order valence-electron chi connectivity index (χ0n) is 6.46. The Morgan fingerprint density at radius 3 is 2.18 bits per heavy atom. The fraction of sp³-hybridized carbons (Fsp3) is 0.429. The summed E-state index contributed by atoms with van der Waals surface area (Å²) in [5.74, 6) is -0.808. The molecule has 62 valence electrons. The molecule has 2 amide bonds. The topological polar surface area (TPSA) is 86.2 Å². The van der Waals surface area contributed by atoms with Gasteiger partial charge in [0.05, 0.1) is 0 Å². The molecule has 4 nitrogen and oxygen atoms in total. The van der Waals surface area contributed by atoms with Crippen LogP contribution >= 0.6 is 0 Å². The number of primary amides is 2. The second-order valence-corrected chi connectivity index (χ2v) is 2.36. The van der Waals surface area contributed by atoms with Crippen LogP contribution in [-0.2, 0) is 9.59 Å². The Morgan fingerprint density at radius 1 is 1.27 bits per heavy atom. The first-order valence-electron chi connectivity index (χ1n) is 3.24. The van der Waals surface area contributed by atoms with E-state index in [0.29, 0.717) is 0 Å². The van der Waals surface area contributed by atoms with E-state index in [1.165, 1.54) is 0 Å². The van der Waals surface area contributed by atoms with Crippen molar-refractivity contribution in [2.75, 3.05) is 0 Å². The first-order valence-corrected chi connectivity index (χ1v) is 3.24. The minimum Gasteiger partial charge on any atom is -0.369 e. The molecule has 0 heterocycles. The number of rotatable bonds is 4. The average Bonchev–Trinajstić information content (AvgIpc) is 1.82. The van der Waals surface area contributed by atoms with Crippen molar-refractivity contribution in [1.82, 2.24) is 0 Å². The fourth-order valence-electron chi connectivity index (χ4n) is 0.622. The van der Waals surface area contributed by atoms with E-state index in [2.05, 4.69) is 0 Å². The van der Waals surface area contributed by atoms with Gasteiger partial charge >= 0.3 is 0 Å². The van der Waals surface area contributed by atoms with Crippen LogP contribution < -0.4 is 11.5 Å². The Balaban J connectivity index is 3.81. The molecule has 0 aliphatic rings. The third-order valence-electron chi connectivity index (χ3n) is 1.10. The van der Waals surface area contributed by atoms with Crippen LogP contribution in [0.2, 0.25) is 0 Å². The molecule has 0 unspecified atom stereocenters. The van der Waals surface area contributed by atoms with E-state index in [-0.39, 0.29) is 12.8 Å². The zero-order valence-corrected chi connectivity index (χ0v) is 6.46. The van der Waals surface area contributed by atoms with Crippen LogP contribution in [0.1, 0.15) is 19.8 Å². The molecule has 0 fully saturated rings. The molecule has 0 aromatic heterocycles. The standard InChI is InChI=1S/C7H12N2O2/c1-5(4-7(9)11)2-3-6(8)10/h2H,3-4H2,1H3,(H2,8,10)(H2,9,11). The molecule has 0 saturated carbocycles. The quantitative estimate of drug-likeness (QED) is 0.547. The second kappa shape index (κ2) is 4.49. The zero-order chi connectivity index (χ0) is 8.85. The number of amides is 2. The van der Waals surface area contributed by atoms with Crippen molar-refractivity contribution in [2.45, 2.75) is 19.8 Å². The van der Waals surface area contributed by atoms with E-state index in [9.17, 15) is 9.59 Å². The molecule has 0 aromatic carbocycles. The fourth-order valence-corrected chi connectivity index (χ4v) is 0.622. The summed E-state index contributed by atoms with van der Waals surface area (Å²) < 4.78 is 0. The highest BCUT2D eigenvalue weighted by Gasteiger charge is 1.96. The van der Waals surface area contributed by atoms with Gasteiger partial charge in [-0.25, -0.2) is 0 Å². The number of hydrogen-bond acceptors (Lipinski definition) is 2. The number of hydrogen-bond donors (Lipinski definition) is 2. The Bertz CT molecular complexity index is 197. The van der Waals surface area contributed by atoms with Gasteiger partial charge in [0.2, 0.25) is 11.8 Å². The highest BCUT2D eigenvalue weighted by Crippen LogP contribution is 1.99. The van der Waals surface area contributed by atoms with E-state index in [4.69, 9.17) is 11.5 Å². The van der Waals surface area contributed by atoms with Crippen LogP contribution in [0.15, 0.2) is 11.6 Å². The Labute approximate surface area is 65.2 Å². The molecule has 4 N–H and O–H groups in total. The van der Waals surface area contributed by atoms with Crippen molar-refractivity contribution in [3.8, 4) is 0 Å². The molecule has 0 rings (SSSR count). The van der Waals surface area contributed by atoms with Crippen LogP contribution in [-0.4, -0.2) is 11.8 Å². The normalized spacial score (nSPS) is 11.2. The molecule has 11 heavy (non-hydrogen) atoms. The lowest BCUT2D eigenvalue weighted by atomic mass is 10.2. The highest BCUT2D eigenvalue weighted by atomic mass is 16.1. The summed E-state index contributed by atoms with van der Waals surface area (Å²) in [6, 6.07) is 0. The Hall–Kier alpha value is -1.32. The van der Waals surface area contributed by atoms with E-state index < -0.39 is 11.8 Å². The van der Waals surface area contributed by atoms with Gasteiger partial charge in [0.1, 0.15) is 0 Å². The molecule has 4 heteroatoms. The van der Waals surface area contributed by atoms with Gasteiger partial charge in [-0.05, 0) is 6.92 Å². The average molecular weight is 156 g/mol. The van der Waals surface area contributed by atoms with Crippen molar-refractivity contribution in [2.24, 2.45) is 11.5 Å². The van der Waals surface area contributed by atoms with Gasteiger partial charge in [-0.2, -0.15) is 0 Å². The van der Waals surface area contributed by atoms with Gasteiger partial charge in [0.25, 0.3) is 0 Å². The molecule has 0 aliphatic carbocycles. The second-order valence-electron chi connectivity index (χ2n) is 2.36. The Morgan fingerprint density at radius 2 is 1.82 bits per heavy atom. The lowest BCUT2D eigenvalue weighted by molar-refractivity contribution is -0.118. The monoisotopic (exact) mass is 156 g/mol. The third-order valence-corrected chi connectivity index (χ3v) is 1.10. The summed E-state index contributed by atoms with van der Waals surface area (Å²) in [7, 11) is 0. The first-order chi connectivity index (χ1) is 5.02. The van der Waals surface area contributed by atoms with E-state index in [1.807, 2.05) is 0 Å². The van der Waals surface area contributed by atoms with E-state index in [0.717, 1.165) is 5.57 Å². The summed E-state index contributed by atoms with van der Waals surface area (Å²) in [5, 5.41) is 0. The van der Waals surface area contributed by atoms with Crippen molar-refractivity contribution in [3.05, 3.63) is 11.6 Å². The van der Waals surface area contributed by atoms with Crippen LogP contribution in [0.5, 0.6) is 0 Å². The van der Waals surface area contributed by atoms with Crippen LogP contribution in [0, 0.1) is 0 Å². The number of carbonyl (C=O) groups excluding carboxylic acids is 2. The Kier molecular flexibility index (Phi) is 3.95. The largest absolute Gasteiger partial charge is 0.369 e. The SMILES string of the molecule is CC(=CCC(N)=O)CC(N)=O. The van der Waals surface area contributed by atoms with Gasteiger partial charge in [-0.1, -0.05) is 11.6 Å². The number of nitrogens with two attached hydrogens (primary N) is 2. The maximum atomic E-state index is 10.3. The molecule has 0 aromatic rings. The van der Waals surface area contributed by atoms with Gasteiger partial charge in [-0.15, -0.1) is 0 Å². The molecule has 0 bridgehead atoms. The maximum Gasteiger partial charge on any atom is 0.221 e. The van der Waals surface area contributed by atoms with E-state index >= 15 is 0 Å². The van der Waals surface area contributed by atoms with Gasteiger partial charge < -0.3 is 11.5 Å². The third kappa shape index (κ3) is 6.57. The van der Waals surface area contributed by atoms with Gasteiger partial charge in [0.15, 0.2) is 0 Å². The minimum absolute atomic E-state index is 0.166. The molecule has 0 spiro atoms. The van der Waals surface area contributed by atoms with Crippen LogP contribution in [0.25, 0.3) is 0 Å². The molecule has 0 radical (unpaired) electrons. The summed E-state index contributed by atoms with van der Waals surface area (Å²) >= 11 is 0. The minimum atomic E-state index is -0.408. The maximum absolute atomic E-state index is 10.3. The van der Waals surface area contributed by atoms with Gasteiger partial charge in [0, 0.05) is 12.8 Å². The predicted octanol–water partition coefficient (Wildman–Crippen LogP) is -0.317. The molecular weight excluding hydrogens is 144 g/mol. The molecular formula is C7H12N2O2. The predicted molar refractivity (Wildman–Crippen MR) is 41.4 cm³/mol. The van der Waals surface area contributed by atoms with Crippen molar-refractivity contribution >= 4 is 11.8 Å². The molecule has 0 saturated heterocycles. The van der Waals surface area contributed by atoms with Crippen LogP contribution in [0.3, 0.4) is 0 Å². The van der Waals surface area contributed by atoms with Gasteiger partial charge in [-0.3, -0.25) is 9.59 Å². The summed E-state index contributed by atoms with van der Waals surface area (Å²) in [4.78, 5) is 20.6.